The van der Waals surface area contributed by atoms with E-state index in [2.05, 4.69) is 4.90 Å². The summed E-state index contributed by atoms with van der Waals surface area (Å²) in [6.45, 7) is 6.16. The summed E-state index contributed by atoms with van der Waals surface area (Å²) in [5.74, 6) is -0.259. The van der Waals surface area contributed by atoms with Crippen LogP contribution < -0.4 is 4.90 Å². The molecule has 0 heterocycles. The molecule has 0 aliphatic heterocycles. The maximum absolute atomic E-state index is 14.1. The zero-order chi connectivity index (χ0) is 14.4. The maximum atomic E-state index is 14.1. The molecule has 0 spiro atoms. The van der Waals surface area contributed by atoms with Gasteiger partial charge in [-0.1, -0.05) is 12.1 Å². The van der Waals surface area contributed by atoms with Gasteiger partial charge >= 0.3 is 0 Å². The minimum atomic E-state index is -0.659. The molecular weight excluding hydrogens is 243 g/mol. The quantitative estimate of drug-likeness (QED) is 0.823. The van der Waals surface area contributed by atoms with E-state index in [1.165, 1.54) is 6.07 Å². The van der Waals surface area contributed by atoms with E-state index in [0.717, 1.165) is 26.1 Å². The van der Waals surface area contributed by atoms with Crippen LogP contribution in [0.2, 0.25) is 0 Å². The van der Waals surface area contributed by atoms with Gasteiger partial charge < -0.3 is 14.9 Å². The van der Waals surface area contributed by atoms with E-state index < -0.39 is 6.10 Å². The number of nitrogens with zero attached hydrogens (tertiary/aromatic N) is 2. The molecule has 4 heteroatoms. The highest BCUT2D eigenvalue weighted by molar-refractivity contribution is 5.55. The Kier molecular flexibility index (Phi) is 6.25. The van der Waals surface area contributed by atoms with E-state index in [9.17, 15) is 9.50 Å². The summed E-state index contributed by atoms with van der Waals surface area (Å²) in [6, 6.07) is 4.89. The van der Waals surface area contributed by atoms with Crippen LogP contribution >= 0.6 is 0 Å². The number of aliphatic hydroxyl groups excluding tert-OH is 1. The summed E-state index contributed by atoms with van der Waals surface area (Å²) in [5, 5.41) is 9.79. The van der Waals surface area contributed by atoms with Gasteiger partial charge in [0.15, 0.2) is 0 Å². The predicted octanol–water partition coefficient (Wildman–Crippen LogP) is 2.66. The Bertz CT molecular complexity index is 394. The van der Waals surface area contributed by atoms with Gasteiger partial charge in [0.2, 0.25) is 0 Å². The standard InChI is InChI=1S/C15H25FN2O/c1-5-18(11-7-10-17(3)4)15-13(12(2)19)8-6-9-14(15)16/h6,8-9,12,19H,5,7,10-11H2,1-4H3/t12-/m1/s1. The van der Waals surface area contributed by atoms with Gasteiger partial charge in [-0.2, -0.15) is 0 Å². The van der Waals surface area contributed by atoms with Crippen LogP contribution in [0.3, 0.4) is 0 Å². The van der Waals surface area contributed by atoms with Gasteiger partial charge in [-0.05, 0) is 47.0 Å². The van der Waals surface area contributed by atoms with E-state index in [4.69, 9.17) is 0 Å². The number of halogens is 1. The molecule has 0 aliphatic rings. The number of benzene rings is 1. The molecule has 1 aromatic carbocycles. The number of hydrogen-bond acceptors (Lipinski definition) is 3. The smallest absolute Gasteiger partial charge is 0.146 e. The van der Waals surface area contributed by atoms with Crippen LogP contribution in [-0.2, 0) is 0 Å². The Morgan fingerprint density at radius 2 is 1.95 bits per heavy atom. The van der Waals surface area contributed by atoms with Crippen molar-refractivity contribution >= 4 is 5.69 Å². The lowest BCUT2D eigenvalue weighted by Crippen LogP contribution is -2.29. The Morgan fingerprint density at radius 1 is 1.26 bits per heavy atom. The molecule has 1 N–H and O–H groups in total. The molecule has 0 aliphatic carbocycles. The third-order valence-electron chi connectivity index (χ3n) is 3.20. The first-order chi connectivity index (χ1) is 8.97. The number of rotatable bonds is 7. The van der Waals surface area contributed by atoms with Gasteiger partial charge in [0.05, 0.1) is 11.8 Å². The highest BCUT2D eigenvalue weighted by atomic mass is 19.1. The highest BCUT2D eigenvalue weighted by Gasteiger charge is 2.17. The summed E-state index contributed by atoms with van der Waals surface area (Å²) in [7, 11) is 4.06. The van der Waals surface area contributed by atoms with Crippen molar-refractivity contribution in [1.82, 2.24) is 4.90 Å². The third kappa shape index (κ3) is 4.48. The maximum Gasteiger partial charge on any atom is 0.146 e. The van der Waals surface area contributed by atoms with Gasteiger partial charge in [0.25, 0.3) is 0 Å². The average molecular weight is 268 g/mol. The fourth-order valence-electron chi connectivity index (χ4n) is 2.21. The molecule has 0 amide bonds. The van der Waals surface area contributed by atoms with Crippen molar-refractivity contribution in [1.29, 1.82) is 0 Å². The van der Waals surface area contributed by atoms with E-state index in [0.29, 0.717) is 11.3 Å². The molecule has 1 atom stereocenters. The Balaban J connectivity index is 2.91. The topological polar surface area (TPSA) is 26.7 Å². The van der Waals surface area contributed by atoms with Gasteiger partial charge in [0, 0.05) is 18.7 Å². The third-order valence-corrected chi connectivity index (χ3v) is 3.20. The van der Waals surface area contributed by atoms with Crippen LogP contribution in [0.5, 0.6) is 0 Å². The molecule has 0 aromatic heterocycles. The SMILES string of the molecule is CCN(CCCN(C)C)c1c(F)cccc1[C@@H](C)O. The van der Waals surface area contributed by atoms with Crippen molar-refractivity contribution in [3.8, 4) is 0 Å². The molecule has 0 unspecified atom stereocenters. The summed E-state index contributed by atoms with van der Waals surface area (Å²) in [5.41, 5.74) is 1.20. The van der Waals surface area contributed by atoms with E-state index >= 15 is 0 Å². The first kappa shape index (κ1) is 15.9. The molecule has 0 bridgehead atoms. The van der Waals surface area contributed by atoms with Crippen LogP contribution in [0.1, 0.15) is 31.9 Å². The lowest BCUT2D eigenvalue weighted by molar-refractivity contribution is 0.199. The van der Waals surface area contributed by atoms with Gasteiger partial charge in [-0.3, -0.25) is 0 Å². The van der Waals surface area contributed by atoms with Crippen molar-refractivity contribution in [2.45, 2.75) is 26.4 Å². The first-order valence-electron chi connectivity index (χ1n) is 6.83. The Hall–Kier alpha value is -1.13. The van der Waals surface area contributed by atoms with Crippen molar-refractivity contribution < 1.29 is 9.50 Å². The lowest BCUT2D eigenvalue weighted by Gasteiger charge is -2.27. The molecule has 1 rings (SSSR count). The van der Waals surface area contributed by atoms with Crippen LogP contribution in [0.4, 0.5) is 10.1 Å². The molecule has 108 valence electrons. The second-order valence-electron chi connectivity index (χ2n) is 5.09. The fraction of sp³-hybridized carbons (Fsp3) is 0.600. The van der Waals surface area contributed by atoms with Crippen molar-refractivity contribution in [3.63, 3.8) is 0 Å². The first-order valence-corrected chi connectivity index (χ1v) is 6.83. The molecule has 0 fully saturated rings. The summed E-state index contributed by atoms with van der Waals surface area (Å²) < 4.78 is 14.1. The minimum Gasteiger partial charge on any atom is -0.389 e. The number of hydrogen-bond donors (Lipinski definition) is 1. The Labute approximate surface area is 115 Å². The molecule has 0 saturated carbocycles. The van der Waals surface area contributed by atoms with Crippen molar-refractivity contribution in [2.24, 2.45) is 0 Å². The van der Waals surface area contributed by atoms with Crippen LogP contribution in [-0.4, -0.2) is 43.7 Å². The molecule has 0 saturated heterocycles. The van der Waals surface area contributed by atoms with Crippen LogP contribution in [0.25, 0.3) is 0 Å². The number of anilines is 1. The van der Waals surface area contributed by atoms with Crippen LogP contribution in [0.15, 0.2) is 18.2 Å². The summed E-state index contributed by atoms with van der Waals surface area (Å²) in [4.78, 5) is 4.12. The minimum absolute atomic E-state index is 0.259. The van der Waals surface area contributed by atoms with E-state index in [1.807, 2.05) is 25.9 Å². The van der Waals surface area contributed by atoms with E-state index in [1.54, 1.807) is 19.1 Å². The normalized spacial score (nSPS) is 12.8. The van der Waals surface area contributed by atoms with Gasteiger partial charge in [-0.15, -0.1) is 0 Å². The summed E-state index contributed by atoms with van der Waals surface area (Å²) in [6.07, 6.45) is 0.308. The second kappa shape index (κ2) is 7.46. The highest BCUT2D eigenvalue weighted by Crippen LogP contribution is 2.29. The van der Waals surface area contributed by atoms with Crippen LogP contribution in [0, 0.1) is 5.82 Å². The summed E-state index contributed by atoms with van der Waals surface area (Å²) >= 11 is 0. The monoisotopic (exact) mass is 268 g/mol. The molecule has 0 radical (unpaired) electrons. The predicted molar refractivity (Wildman–Crippen MR) is 78.1 cm³/mol. The lowest BCUT2D eigenvalue weighted by atomic mass is 10.1. The number of para-hydroxylation sites is 1. The van der Waals surface area contributed by atoms with Crippen molar-refractivity contribution in [2.75, 3.05) is 38.6 Å². The molecule has 1 aromatic rings. The zero-order valence-corrected chi connectivity index (χ0v) is 12.4. The zero-order valence-electron chi connectivity index (χ0n) is 12.4. The van der Waals surface area contributed by atoms with Crippen molar-refractivity contribution in [3.05, 3.63) is 29.6 Å². The largest absolute Gasteiger partial charge is 0.389 e. The van der Waals surface area contributed by atoms with E-state index in [-0.39, 0.29) is 5.82 Å². The van der Waals surface area contributed by atoms with Gasteiger partial charge in [-0.25, -0.2) is 4.39 Å². The molecule has 3 nitrogen and oxygen atoms in total. The molecular formula is C15H25FN2O. The van der Waals surface area contributed by atoms with Gasteiger partial charge in [0.1, 0.15) is 5.82 Å². The fourth-order valence-corrected chi connectivity index (χ4v) is 2.21. The second-order valence-corrected chi connectivity index (χ2v) is 5.09. The number of aliphatic hydroxyl groups is 1. The average Bonchev–Trinajstić information content (AvgIpc) is 2.34. The molecule has 19 heavy (non-hydrogen) atoms. The Morgan fingerprint density at radius 3 is 2.47 bits per heavy atom.